The van der Waals surface area contributed by atoms with Gasteiger partial charge in [-0.25, -0.2) is 0 Å². The fourth-order valence-electron chi connectivity index (χ4n) is 3.41. The highest BCUT2D eigenvalue weighted by Gasteiger charge is 2.77. The lowest BCUT2D eigenvalue weighted by Crippen LogP contribution is -2.86. The molecular weight excluding hydrogens is 385 g/mol. The predicted molar refractivity (Wildman–Crippen MR) is 79.5 cm³/mol. The van der Waals surface area contributed by atoms with E-state index in [0.29, 0.717) is 0 Å². The Kier molecular flexibility index (Phi) is 2.91. The molecule has 15 heteroatoms. The van der Waals surface area contributed by atoms with Gasteiger partial charge in [0.15, 0.2) is 0 Å². The van der Waals surface area contributed by atoms with Crippen molar-refractivity contribution in [1.29, 1.82) is 0 Å². The van der Waals surface area contributed by atoms with E-state index in [1.807, 2.05) is 39.3 Å². The van der Waals surface area contributed by atoms with Gasteiger partial charge in [0, 0.05) is 39.3 Å². The number of hydrogen-bond donors (Lipinski definition) is 0. The van der Waals surface area contributed by atoms with Crippen molar-refractivity contribution in [2.24, 2.45) is 0 Å². The van der Waals surface area contributed by atoms with Crippen LogP contribution in [0.4, 0.5) is 0 Å². The molecule has 0 aromatic heterocycles. The number of hydrogen-bond acceptors (Lipinski definition) is 9. The zero-order valence-corrected chi connectivity index (χ0v) is 18.7. The molecule has 5 fully saturated rings. The number of rotatable bonds is 0. The zero-order valence-electron chi connectivity index (χ0n) is 12.7. The van der Waals surface area contributed by atoms with Crippen LogP contribution in [0.2, 0.25) is 39.3 Å². The van der Waals surface area contributed by atoms with Crippen molar-refractivity contribution < 1.29 is 37.0 Å². The Balaban J connectivity index is 1.91. The molecule has 5 aliphatic heterocycles. The highest BCUT2D eigenvalue weighted by molar-refractivity contribution is 7.01. The summed E-state index contributed by atoms with van der Waals surface area (Å²) in [5, 5.41) is 0. The fraction of sp³-hybridized carbons (Fsp3) is 1.00. The maximum Gasteiger partial charge on any atom is 0.475 e. The first-order valence-corrected chi connectivity index (χ1v) is 20.0. The second-order valence-electron chi connectivity index (χ2n) is 6.09. The zero-order chi connectivity index (χ0) is 15.4. The Morgan fingerprint density at radius 1 is 0.286 bits per heavy atom. The van der Waals surface area contributed by atoms with Crippen LogP contribution in [-0.4, -0.2) is 52.8 Å². The lowest BCUT2D eigenvalue weighted by molar-refractivity contribution is -0.0189. The summed E-state index contributed by atoms with van der Waals surface area (Å²) in [6, 6.07) is 0. The van der Waals surface area contributed by atoms with E-state index < -0.39 is 52.8 Å². The highest BCUT2D eigenvalue weighted by Crippen LogP contribution is 2.47. The van der Waals surface area contributed by atoms with E-state index in [2.05, 4.69) is 0 Å². The molecule has 0 aromatic carbocycles. The van der Waals surface area contributed by atoms with Gasteiger partial charge in [0.05, 0.1) is 0 Å². The summed E-state index contributed by atoms with van der Waals surface area (Å²) in [4.78, 5) is 0. The van der Waals surface area contributed by atoms with Crippen molar-refractivity contribution in [1.82, 2.24) is 0 Å². The van der Waals surface area contributed by atoms with Crippen LogP contribution < -0.4 is 0 Å². The molecule has 0 unspecified atom stereocenters. The van der Waals surface area contributed by atoms with Gasteiger partial charge in [0.25, 0.3) is 0 Å². The van der Waals surface area contributed by atoms with Crippen molar-refractivity contribution in [3.63, 3.8) is 0 Å². The smallest absolute Gasteiger partial charge is 0.374 e. The lowest BCUT2D eigenvalue weighted by atomic mass is 11.9. The van der Waals surface area contributed by atoms with Crippen LogP contribution in [0.3, 0.4) is 0 Å². The first kappa shape index (κ1) is 15.5. The van der Waals surface area contributed by atoms with E-state index in [9.17, 15) is 0 Å². The van der Waals surface area contributed by atoms with Gasteiger partial charge in [-0.1, -0.05) is 0 Å². The van der Waals surface area contributed by atoms with Gasteiger partial charge in [0.2, 0.25) is 0 Å². The molecule has 0 amide bonds. The van der Waals surface area contributed by atoms with Crippen LogP contribution >= 0.6 is 0 Å². The maximum absolute atomic E-state index is 6.18. The highest BCUT2D eigenvalue weighted by atomic mass is 28.6. The third-order valence-electron chi connectivity index (χ3n) is 3.34. The topological polar surface area (TPSA) is 83.1 Å². The summed E-state index contributed by atoms with van der Waals surface area (Å²) < 4.78 is 54.8. The van der Waals surface area contributed by atoms with E-state index in [0.717, 1.165) is 0 Å². The average Bonchev–Trinajstić information content (AvgIpc) is 2.00. The van der Waals surface area contributed by atoms with Crippen LogP contribution in [0.5, 0.6) is 0 Å². The Bertz CT molecular complexity index is 390. The normalized spacial score (nSPS) is 66.0. The van der Waals surface area contributed by atoms with Gasteiger partial charge in [0.1, 0.15) is 0 Å². The SMILES string of the molecule is C[Si]12O[Si]3(C)O[Si](C)(O1)O[Si@]1(C)O[Si@](C)(O2)O[Si@](C)(O3)O1. The standard InChI is InChI=1S/C6H18O9Si6/c1-16-7-17(2)9-18(3,8-16)15-21(6)11-19(4,13-16)10-20(5,12-21)14-17/h1-6H3/t16-,17+,18-,19?,20?,21?. The third kappa shape index (κ3) is 2.49. The molecular formula is C6H18O9Si6. The molecule has 0 atom stereocenters. The molecule has 5 heterocycles. The second-order valence-corrected chi connectivity index (χ2v) is 23.8. The lowest BCUT2D eigenvalue weighted by Gasteiger charge is -2.60. The first-order valence-electron chi connectivity index (χ1n) is 6.67. The summed E-state index contributed by atoms with van der Waals surface area (Å²) >= 11 is 0. The van der Waals surface area contributed by atoms with Gasteiger partial charge in [-0.2, -0.15) is 0 Å². The van der Waals surface area contributed by atoms with Gasteiger partial charge in [-0.3, -0.25) is 0 Å². The van der Waals surface area contributed by atoms with Crippen molar-refractivity contribution in [2.75, 3.05) is 0 Å². The third-order valence-corrected chi connectivity index (χ3v) is 30.0. The average molecular weight is 403 g/mol. The molecule has 5 rings (SSSR count). The van der Waals surface area contributed by atoms with Crippen molar-refractivity contribution in [2.45, 2.75) is 39.3 Å². The van der Waals surface area contributed by atoms with Crippen LogP contribution in [0.25, 0.3) is 0 Å². The minimum Gasteiger partial charge on any atom is -0.374 e. The summed E-state index contributed by atoms with van der Waals surface area (Å²) in [5.41, 5.74) is 0. The molecule has 0 aromatic rings. The monoisotopic (exact) mass is 402 g/mol. The molecule has 0 spiro atoms. The van der Waals surface area contributed by atoms with Gasteiger partial charge >= 0.3 is 52.8 Å². The molecule has 120 valence electrons. The Morgan fingerprint density at radius 2 is 0.381 bits per heavy atom. The fourth-order valence-corrected chi connectivity index (χ4v) is 37.4. The van der Waals surface area contributed by atoms with Gasteiger partial charge in [-0.05, 0) is 0 Å². The van der Waals surface area contributed by atoms with Crippen molar-refractivity contribution in [3.8, 4) is 0 Å². The van der Waals surface area contributed by atoms with E-state index in [1.54, 1.807) is 0 Å². The van der Waals surface area contributed by atoms with E-state index in [1.165, 1.54) is 0 Å². The van der Waals surface area contributed by atoms with Crippen LogP contribution in [-0.2, 0) is 37.0 Å². The molecule has 0 radical (unpaired) electrons. The molecule has 9 nitrogen and oxygen atoms in total. The molecule has 5 saturated heterocycles. The summed E-state index contributed by atoms with van der Waals surface area (Å²) in [5.74, 6) is 0. The Labute approximate surface area is 129 Å². The molecule has 0 saturated carbocycles. The van der Waals surface area contributed by atoms with Crippen LogP contribution in [0.1, 0.15) is 0 Å². The summed E-state index contributed by atoms with van der Waals surface area (Å²) in [6.07, 6.45) is 0. The predicted octanol–water partition coefficient (Wildman–Crippen LogP) is 0.602. The van der Waals surface area contributed by atoms with E-state index in [-0.39, 0.29) is 0 Å². The molecule has 5 aliphatic rings. The molecule has 21 heavy (non-hydrogen) atoms. The second kappa shape index (κ2) is 3.95. The van der Waals surface area contributed by atoms with Gasteiger partial charge < -0.3 is 37.0 Å². The van der Waals surface area contributed by atoms with Crippen molar-refractivity contribution in [3.05, 3.63) is 0 Å². The minimum atomic E-state index is -3.01. The molecule has 6 bridgehead atoms. The molecule has 0 N–H and O–H groups in total. The Hall–Kier alpha value is 0.941. The van der Waals surface area contributed by atoms with Crippen molar-refractivity contribution >= 4 is 52.8 Å². The largest absolute Gasteiger partial charge is 0.475 e. The van der Waals surface area contributed by atoms with Crippen LogP contribution in [0.15, 0.2) is 0 Å². The minimum absolute atomic E-state index is 1.81. The van der Waals surface area contributed by atoms with E-state index >= 15 is 0 Å². The summed E-state index contributed by atoms with van der Waals surface area (Å²) in [6.45, 7) is 10.9. The van der Waals surface area contributed by atoms with Gasteiger partial charge in [-0.15, -0.1) is 0 Å². The molecule has 0 aliphatic carbocycles. The van der Waals surface area contributed by atoms with E-state index in [4.69, 9.17) is 37.0 Å². The quantitative estimate of drug-likeness (QED) is 0.541. The Morgan fingerprint density at radius 3 is 0.476 bits per heavy atom. The first-order chi connectivity index (χ1) is 9.36. The maximum atomic E-state index is 6.18. The van der Waals surface area contributed by atoms with Crippen LogP contribution in [0, 0.1) is 0 Å². The summed E-state index contributed by atoms with van der Waals surface area (Å²) in [7, 11) is -18.0.